The quantitative estimate of drug-likeness (QED) is 0.522. The minimum atomic E-state index is 0.0115. The predicted molar refractivity (Wildman–Crippen MR) is 93.1 cm³/mol. The molecule has 1 atom stereocenters. The molecule has 0 bridgehead atoms. The van der Waals surface area contributed by atoms with Crippen LogP contribution in [0.2, 0.25) is 0 Å². The highest BCUT2D eigenvalue weighted by atomic mass is 79.9. The van der Waals surface area contributed by atoms with E-state index >= 15 is 0 Å². The van der Waals surface area contributed by atoms with Gasteiger partial charge < -0.3 is 0 Å². The van der Waals surface area contributed by atoms with E-state index in [4.69, 9.17) is 5.84 Å². The van der Waals surface area contributed by atoms with E-state index < -0.39 is 0 Å². The standard InChI is InChI=1S/C17H15BrN2S/c18-16-10-15(11-21-16)17(20-19)14-8-6-13(7-9-14)12-4-2-1-3-5-12/h1-11,17,20H,19H2. The third-order valence-corrected chi connectivity index (χ3v) is 4.96. The van der Waals surface area contributed by atoms with Crippen LogP contribution in [0.5, 0.6) is 0 Å². The summed E-state index contributed by atoms with van der Waals surface area (Å²) in [6, 6.07) is 21.0. The van der Waals surface area contributed by atoms with Gasteiger partial charge in [-0.25, -0.2) is 5.43 Å². The van der Waals surface area contributed by atoms with Crippen molar-refractivity contribution >= 4 is 27.3 Å². The monoisotopic (exact) mass is 358 g/mol. The highest BCUT2D eigenvalue weighted by Gasteiger charge is 2.13. The molecule has 0 aliphatic heterocycles. The lowest BCUT2D eigenvalue weighted by Gasteiger charge is -2.15. The van der Waals surface area contributed by atoms with Gasteiger partial charge in [0.2, 0.25) is 0 Å². The number of hydrogen-bond acceptors (Lipinski definition) is 3. The van der Waals surface area contributed by atoms with Crippen molar-refractivity contribution in [1.29, 1.82) is 0 Å². The molecule has 3 rings (SSSR count). The molecule has 106 valence electrons. The third-order valence-electron chi connectivity index (χ3n) is 3.44. The summed E-state index contributed by atoms with van der Waals surface area (Å²) >= 11 is 5.16. The molecule has 3 N–H and O–H groups in total. The van der Waals surface area contributed by atoms with E-state index in [0.717, 1.165) is 9.35 Å². The van der Waals surface area contributed by atoms with Crippen molar-refractivity contribution in [2.24, 2.45) is 5.84 Å². The molecule has 21 heavy (non-hydrogen) atoms. The molecular weight excluding hydrogens is 344 g/mol. The van der Waals surface area contributed by atoms with E-state index in [0.29, 0.717) is 0 Å². The Balaban J connectivity index is 1.89. The molecule has 0 fully saturated rings. The van der Waals surface area contributed by atoms with E-state index in [2.05, 4.69) is 81.3 Å². The summed E-state index contributed by atoms with van der Waals surface area (Å²) in [5.74, 6) is 5.73. The molecule has 4 heteroatoms. The van der Waals surface area contributed by atoms with Crippen LogP contribution in [0.4, 0.5) is 0 Å². The van der Waals surface area contributed by atoms with Gasteiger partial charge in [0.25, 0.3) is 0 Å². The first-order valence-corrected chi connectivity index (χ1v) is 8.30. The summed E-state index contributed by atoms with van der Waals surface area (Å²) in [6.45, 7) is 0. The van der Waals surface area contributed by atoms with E-state index in [1.54, 1.807) is 11.3 Å². The Morgan fingerprint density at radius 2 is 1.57 bits per heavy atom. The maximum atomic E-state index is 5.73. The van der Waals surface area contributed by atoms with Crippen LogP contribution in [-0.2, 0) is 0 Å². The smallest absolute Gasteiger partial charge is 0.0718 e. The van der Waals surface area contributed by atoms with E-state index in [-0.39, 0.29) is 6.04 Å². The number of hydrogen-bond donors (Lipinski definition) is 2. The molecule has 0 aliphatic rings. The molecule has 0 radical (unpaired) electrons. The number of nitrogens with one attached hydrogen (secondary N) is 1. The maximum absolute atomic E-state index is 5.73. The first-order valence-electron chi connectivity index (χ1n) is 6.63. The molecule has 0 spiro atoms. The summed E-state index contributed by atoms with van der Waals surface area (Å²) in [7, 11) is 0. The maximum Gasteiger partial charge on any atom is 0.0718 e. The number of thiophene rings is 1. The van der Waals surface area contributed by atoms with Crippen LogP contribution in [0.15, 0.2) is 69.8 Å². The summed E-state index contributed by atoms with van der Waals surface area (Å²) < 4.78 is 1.11. The Hall–Kier alpha value is -1.46. The van der Waals surface area contributed by atoms with Crippen molar-refractivity contribution in [2.75, 3.05) is 0 Å². The predicted octanol–water partition coefficient (Wildman–Crippen LogP) is 4.73. The first kappa shape index (κ1) is 14.5. The van der Waals surface area contributed by atoms with Crippen LogP contribution in [0, 0.1) is 0 Å². The van der Waals surface area contributed by atoms with Gasteiger partial charge in [0.15, 0.2) is 0 Å². The van der Waals surface area contributed by atoms with Gasteiger partial charge in [-0.2, -0.15) is 0 Å². The molecule has 0 saturated heterocycles. The summed E-state index contributed by atoms with van der Waals surface area (Å²) in [6.07, 6.45) is 0. The van der Waals surface area contributed by atoms with Crippen LogP contribution < -0.4 is 11.3 Å². The zero-order valence-corrected chi connectivity index (χ0v) is 13.7. The average molecular weight is 359 g/mol. The molecule has 1 unspecified atom stereocenters. The lowest BCUT2D eigenvalue weighted by Crippen LogP contribution is -2.28. The highest BCUT2D eigenvalue weighted by molar-refractivity contribution is 9.11. The fraction of sp³-hybridized carbons (Fsp3) is 0.0588. The van der Waals surface area contributed by atoms with Crippen LogP contribution in [0.1, 0.15) is 17.2 Å². The molecular formula is C17H15BrN2S. The van der Waals surface area contributed by atoms with Gasteiger partial charge in [0, 0.05) is 0 Å². The molecule has 0 saturated carbocycles. The van der Waals surface area contributed by atoms with Crippen LogP contribution in [0.25, 0.3) is 11.1 Å². The fourth-order valence-corrected chi connectivity index (χ4v) is 3.56. The zero-order valence-electron chi connectivity index (χ0n) is 11.3. The molecule has 0 amide bonds. The van der Waals surface area contributed by atoms with E-state index in [1.807, 2.05) is 6.07 Å². The molecule has 3 aromatic rings. The summed E-state index contributed by atoms with van der Waals surface area (Å²) in [4.78, 5) is 0. The van der Waals surface area contributed by atoms with Crippen LogP contribution >= 0.6 is 27.3 Å². The van der Waals surface area contributed by atoms with Gasteiger partial charge in [-0.15, -0.1) is 11.3 Å². The second-order valence-corrected chi connectivity index (χ2v) is 7.06. The van der Waals surface area contributed by atoms with Crippen molar-refractivity contribution in [3.05, 3.63) is 81.0 Å². The topological polar surface area (TPSA) is 38.0 Å². The van der Waals surface area contributed by atoms with E-state index in [1.165, 1.54) is 16.7 Å². The Kier molecular flexibility index (Phi) is 4.51. The lowest BCUT2D eigenvalue weighted by atomic mass is 9.98. The molecule has 1 aromatic heterocycles. The van der Waals surface area contributed by atoms with Gasteiger partial charge in [0.05, 0.1) is 9.83 Å². The first-order chi connectivity index (χ1) is 10.3. The minimum absolute atomic E-state index is 0.0115. The molecule has 1 heterocycles. The molecule has 2 nitrogen and oxygen atoms in total. The zero-order chi connectivity index (χ0) is 14.7. The molecule has 0 aliphatic carbocycles. The highest BCUT2D eigenvalue weighted by Crippen LogP contribution is 2.30. The number of benzene rings is 2. The van der Waals surface area contributed by atoms with Crippen LogP contribution in [0.3, 0.4) is 0 Å². The number of halogens is 1. The summed E-state index contributed by atoms with van der Waals surface area (Å²) in [5, 5.41) is 2.11. The van der Waals surface area contributed by atoms with Crippen molar-refractivity contribution in [3.63, 3.8) is 0 Å². The van der Waals surface area contributed by atoms with Gasteiger partial charge in [-0.1, -0.05) is 54.6 Å². The Labute approximate surface area is 136 Å². The second kappa shape index (κ2) is 6.54. The summed E-state index contributed by atoms with van der Waals surface area (Å²) in [5.41, 5.74) is 7.65. The lowest BCUT2D eigenvalue weighted by molar-refractivity contribution is 0.639. The van der Waals surface area contributed by atoms with Crippen molar-refractivity contribution in [3.8, 4) is 11.1 Å². The van der Waals surface area contributed by atoms with Gasteiger partial charge >= 0.3 is 0 Å². The number of nitrogens with two attached hydrogens (primary N) is 1. The third kappa shape index (κ3) is 3.24. The number of hydrazine groups is 1. The van der Waals surface area contributed by atoms with E-state index in [9.17, 15) is 0 Å². The fourth-order valence-electron chi connectivity index (χ4n) is 2.36. The van der Waals surface area contributed by atoms with Crippen molar-refractivity contribution < 1.29 is 0 Å². The van der Waals surface area contributed by atoms with Crippen molar-refractivity contribution in [2.45, 2.75) is 6.04 Å². The normalized spacial score (nSPS) is 12.3. The Morgan fingerprint density at radius 3 is 2.14 bits per heavy atom. The minimum Gasteiger partial charge on any atom is -0.271 e. The number of rotatable bonds is 4. The molecule has 2 aromatic carbocycles. The Bertz CT molecular complexity index is 707. The largest absolute Gasteiger partial charge is 0.271 e. The average Bonchev–Trinajstić information content (AvgIpc) is 2.96. The van der Waals surface area contributed by atoms with Gasteiger partial charge in [-0.3, -0.25) is 5.84 Å². The Morgan fingerprint density at radius 1 is 0.905 bits per heavy atom. The SMILES string of the molecule is NNC(c1ccc(-c2ccccc2)cc1)c1csc(Br)c1. The second-order valence-electron chi connectivity index (χ2n) is 4.77. The van der Waals surface area contributed by atoms with Crippen LogP contribution in [-0.4, -0.2) is 0 Å². The van der Waals surface area contributed by atoms with Gasteiger partial charge in [0.1, 0.15) is 0 Å². The van der Waals surface area contributed by atoms with Gasteiger partial charge in [-0.05, 0) is 49.6 Å². The van der Waals surface area contributed by atoms with Crippen molar-refractivity contribution in [1.82, 2.24) is 5.43 Å².